The minimum absolute atomic E-state index is 0.0621. The van der Waals surface area contributed by atoms with Crippen LogP contribution in [0.2, 0.25) is 0 Å². The van der Waals surface area contributed by atoms with E-state index in [9.17, 15) is 9.59 Å². The number of carboxylic acid groups (broad SMARTS) is 1. The van der Waals surface area contributed by atoms with Gasteiger partial charge in [0.1, 0.15) is 0 Å². The largest absolute Gasteiger partial charge is 0.481 e. The lowest BCUT2D eigenvalue weighted by molar-refractivity contribution is -0.170. The number of carbonyl (C=O) groups is 2. The maximum Gasteiger partial charge on any atom is 0.317 e. The van der Waals surface area contributed by atoms with Gasteiger partial charge in [0.05, 0.1) is 30.7 Å². The molecule has 0 aromatic rings. The Balaban J connectivity index is 2.75. The number of hydrogen-bond donors (Lipinski definition) is 2. The quantitative estimate of drug-likeness (QED) is 0.833. The third-order valence-electron chi connectivity index (χ3n) is 3.49. The maximum atomic E-state index is 12.4. The molecule has 1 saturated heterocycles. The van der Waals surface area contributed by atoms with Crippen LogP contribution in [0.1, 0.15) is 48.0 Å². The van der Waals surface area contributed by atoms with E-state index in [0.717, 1.165) is 0 Å². The van der Waals surface area contributed by atoms with Crippen molar-refractivity contribution in [1.29, 1.82) is 0 Å². The fraction of sp³-hybridized carbons (Fsp3) is 0.867. The Morgan fingerprint density at radius 1 is 1.19 bits per heavy atom. The molecule has 1 aliphatic rings. The Labute approximate surface area is 126 Å². The van der Waals surface area contributed by atoms with Gasteiger partial charge in [-0.1, -0.05) is 13.8 Å². The Hall–Kier alpha value is -1.30. The fourth-order valence-corrected chi connectivity index (χ4v) is 2.82. The molecule has 1 heterocycles. The molecule has 1 aliphatic heterocycles. The van der Waals surface area contributed by atoms with Gasteiger partial charge in [-0.15, -0.1) is 0 Å². The van der Waals surface area contributed by atoms with Gasteiger partial charge in [-0.3, -0.25) is 4.79 Å². The molecule has 0 saturated carbocycles. The average molecular weight is 300 g/mol. The van der Waals surface area contributed by atoms with Gasteiger partial charge in [0.2, 0.25) is 0 Å². The van der Waals surface area contributed by atoms with E-state index in [1.54, 1.807) is 4.90 Å². The van der Waals surface area contributed by atoms with Crippen LogP contribution in [-0.4, -0.2) is 52.3 Å². The van der Waals surface area contributed by atoms with E-state index >= 15 is 0 Å². The lowest BCUT2D eigenvalue weighted by atomic mass is 9.98. The molecule has 1 rings (SSSR count). The molecule has 0 aromatic carbocycles. The van der Waals surface area contributed by atoms with Crippen molar-refractivity contribution < 1.29 is 19.4 Å². The molecule has 1 fully saturated rings. The predicted octanol–water partition coefficient (Wildman–Crippen LogP) is 2.08. The van der Waals surface area contributed by atoms with E-state index in [-0.39, 0.29) is 24.4 Å². The summed E-state index contributed by atoms with van der Waals surface area (Å²) >= 11 is 0. The molecular weight excluding hydrogens is 272 g/mol. The van der Waals surface area contributed by atoms with Crippen LogP contribution < -0.4 is 5.32 Å². The van der Waals surface area contributed by atoms with Gasteiger partial charge in [-0.25, -0.2) is 4.79 Å². The summed E-state index contributed by atoms with van der Waals surface area (Å²) < 4.78 is 5.94. The van der Waals surface area contributed by atoms with Crippen molar-refractivity contribution in [2.75, 3.05) is 13.1 Å². The van der Waals surface area contributed by atoms with Crippen LogP contribution in [0.3, 0.4) is 0 Å². The Kier molecular flexibility index (Phi) is 5.25. The smallest absolute Gasteiger partial charge is 0.317 e. The summed E-state index contributed by atoms with van der Waals surface area (Å²) in [5.41, 5.74) is -0.835. The maximum absolute atomic E-state index is 12.4. The lowest BCUT2D eigenvalue weighted by Gasteiger charge is -2.47. The third kappa shape index (κ3) is 5.53. The van der Waals surface area contributed by atoms with E-state index in [2.05, 4.69) is 5.32 Å². The predicted molar refractivity (Wildman–Crippen MR) is 80.2 cm³/mol. The van der Waals surface area contributed by atoms with E-state index < -0.39 is 17.2 Å². The first kappa shape index (κ1) is 17.8. The van der Waals surface area contributed by atoms with E-state index in [1.165, 1.54) is 0 Å². The molecule has 21 heavy (non-hydrogen) atoms. The van der Waals surface area contributed by atoms with Crippen molar-refractivity contribution in [3.63, 3.8) is 0 Å². The molecule has 2 amide bonds. The number of morpholine rings is 1. The zero-order valence-corrected chi connectivity index (χ0v) is 13.9. The highest BCUT2D eigenvalue weighted by Gasteiger charge is 2.40. The van der Waals surface area contributed by atoms with Gasteiger partial charge < -0.3 is 20.1 Å². The second-order valence-corrected chi connectivity index (χ2v) is 7.38. The van der Waals surface area contributed by atoms with Crippen molar-refractivity contribution in [2.45, 2.75) is 65.2 Å². The highest BCUT2D eigenvalue weighted by molar-refractivity contribution is 5.76. The number of ether oxygens (including phenoxy) is 1. The van der Waals surface area contributed by atoms with Crippen LogP contribution in [-0.2, 0) is 9.53 Å². The molecular formula is C15H28N2O4. The standard InChI is InChI=1S/C15H28N2O4/c1-10(2)11(7-12(18)19)16-13(20)17-8-14(3,4)21-15(5,6)9-17/h10-11H,7-9H2,1-6H3,(H,16,20)(H,18,19). The van der Waals surface area contributed by atoms with Crippen molar-refractivity contribution in [2.24, 2.45) is 5.92 Å². The number of hydrogen-bond acceptors (Lipinski definition) is 3. The number of carbonyl (C=O) groups excluding carboxylic acids is 1. The number of rotatable bonds is 4. The molecule has 6 heteroatoms. The number of nitrogens with one attached hydrogen (secondary N) is 1. The van der Waals surface area contributed by atoms with Gasteiger partial charge in [0.15, 0.2) is 0 Å². The van der Waals surface area contributed by atoms with Crippen molar-refractivity contribution in [3.8, 4) is 0 Å². The van der Waals surface area contributed by atoms with Gasteiger partial charge in [0.25, 0.3) is 0 Å². The summed E-state index contributed by atoms with van der Waals surface area (Å²) in [5.74, 6) is -0.844. The first-order valence-electron chi connectivity index (χ1n) is 7.39. The number of amides is 2. The minimum Gasteiger partial charge on any atom is -0.481 e. The highest BCUT2D eigenvalue weighted by Crippen LogP contribution is 2.28. The topological polar surface area (TPSA) is 78.9 Å². The Morgan fingerprint density at radius 3 is 2.05 bits per heavy atom. The van der Waals surface area contributed by atoms with E-state index in [4.69, 9.17) is 9.84 Å². The molecule has 0 aliphatic carbocycles. The highest BCUT2D eigenvalue weighted by atomic mass is 16.5. The van der Waals surface area contributed by atoms with Gasteiger partial charge in [0, 0.05) is 6.04 Å². The molecule has 0 spiro atoms. The molecule has 1 atom stereocenters. The Morgan fingerprint density at radius 2 is 1.67 bits per heavy atom. The number of nitrogens with zero attached hydrogens (tertiary/aromatic N) is 1. The van der Waals surface area contributed by atoms with E-state index in [0.29, 0.717) is 13.1 Å². The number of urea groups is 1. The van der Waals surface area contributed by atoms with Gasteiger partial charge >= 0.3 is 12.0 Å². The van der Waals surface area contributed by atoms with Gasteiger partial charge in [-0.05, 0) is 33.6 Å². The summed E-state index contributed by atoms with van der Waals surface area (Å²) in [4.78, 5) is 25.0. The normalized spacial score (nSPS) is 22.0. The van der Waals surface area contributed by atoms with Crippen LogP contribution in [0.15, 0.2) is 0 Å². The summed E-state index contributed by atoms with van der Waals surface area (Å²) in [5, 5.41) is 11.8. The first-order valence-corrected chi connectivity index (χ1v) is 7.39. The number of carboxylic acids is 1. The second-order valence-electron chi connectivity index (χ2n) is 7.38. The SMILES string of the molecule is CC(C)C(CC(=O)O)NC(=O)N1CC(C)(C)OC(C)(C)C1. The minimum atomic E-state index is -0.906. The van der Waals surface area contributed by atoms with Gasteiger partial charge in [-0.2, -0.15) is 0 Å². The summed E-state index contributed by atoms with van der Waals surface area (Å²) in [7, 11) is 0. The zero-order valence-electron chi connectivity index (χ0n) is 13.9. The van der Waals surface area contributed by atoms with Crippen molar-refractivity contribution >= 4 is 12.0 Å². The van der Waals surface area contributed by atoms with Crippen LogP contribution >= 0.6 is 0 Å². The molecule has 2 N–H and O–H groups in total. The third-order valence-corrected chi connectivity index (χ3v) is 3.49. The van der Waals surface area contributed by atoms with Crippen LogP contribution in [0, 0.1) is 5.92 Å². The second kappa shape index (κ2) is 6.22. The molecule has 0 bridgehead atoms. The fourth-order valence-electron chi connectivity index (χ4n) is 2.82. The zero-order chi connectivity index (χ0) is 16.4. The first-order chi connectivity index (χ1) is 9.42. The van der Waals surface area contributed by atoms with Crippen LogP contribution in [0.25, 0.3) is 0 Å². The van der Waals surface area contributed by atoms with Crippen molar-refractivity contribution in [1.82, 2.24) is 10.2 Å². The molecule has 1 unspecified atom stereocenters. The monoisotopic (exact) mass is 300 g/mol. The average Bonchev–Trinajstić information content (AvgIpc) is 2.22. The number of aliphatic carboxylic acids is 1. The lowest BCUT2D eigenvalue weighted by Crippen LogP contribution is -2.61. The molecule has 6 nitrogen and oxygen atoms in total. The van der Waals surface area contributed by atoms with Crippen molar-refractivity contribution in [3.05, 3.63) is 0 Å². The van der Waals surface area contributed by atoms with E-state index in [1.807, 2.05) is 41.5 Å². The molecule has 122 valence electrons. The van der Waals surface area contributed by atoms with Crippen LogP contribution in [0.4, 0.5) is 4.79 Å². The van der Waals surface area contributed by atoms with Crippen LogP contribution in [0.5, 0.6) is 0 Å². The summed E-state index contributed by atoms with van der Waals surface area (Å²) in [6.07, 6.45) is -0.0689. The summed E-state index contributed by atoms with van der Waals surface area (Å²) in [6.45, 7) is 12.6. The molecule has 0 aromatic heterocycles. The Bertz CT molecular complexity index is 388. The summed E-state index contributed by atoms with van der Waals surface area (Å²) in [6, 6.07) is -0.594. The molecule has 0 radical (unpaired) electrons.